The predicted octanol–water partition coefficient (Wildman–Crippen LogP) is 2.62. The number of nitrogens with zero attached hydrogens (tertiary/aromatic N) is 4. The molecule has 0 spiro atoms. The summed E-state index contributed by atoms with van der Waals surface area (Å²) < 4.78 is 11.9. The summed E-state index contributed by atoms with van der Waals surface area (Å²) in [5, 5.41) is 7.17. The topological polar surface area (TPSA) is 107 Å². The molecule has 1 atom stereocenters. The molecule has 0 bridgehead atoms. The van der Waals surface area contributed by atoms with Crippen LogP contribution in [0.15, 0.2) is 34.3 Å². The van der Waals surface area contributed by atoms with Crippen LogP contribution in [0.1, 0.15) is 31.5 Å². The highest BCUT2D eigenvalue weighted by Crippen LogP contribution is 2.28. The van der Waals surface area contributed by atoms with Gasteiger partial charge in [-0.1, -0.05) is 13.0 Å². The first-order chi connectivity index (χ1) is 14.4. The summed E-state index contributed by atoms with van der Waals surface area (Å²) in [4.78, 5) is 33.4. The van der Waals surface area contributed by atoms with E-state index >= 15 is 0 Å². The van der Waals surface area contributed by atoms with Crippen molar-refractivity contribution in [3.63, 3.8) is 0 Å². The molecular formula is C21H25N5O4. The van der Waals surface area contributed by atoms with Gasteiger partial charge >= 0.3 is 0 Å². The minimum atomic E-state index is -0.312. The lowest BCUT2D eigenvalue weighted by Gasteiger charge is -2.17. The Labute approximate surface area is 174 Å². The third-order valence-electron chi connectivity index (χ3n) is 4.80. The number of hydrogen-bond donors (Lipinski definition) is 1. The molecule has 2 aromatic rings. The van der Waals surface area contributed by atoms with Crippen molar-refractivity contribution in [1.82, 2.24) is 9.78 Å². The molecule has 0 aliphatic carbocycles. The minimum Gasteiger partial charge on any atom is -0.493 e. The summed E-state index contributed by atoms with van der Waals surface area (Å²) in [7, 11) is 3.10. The maximum atomic E-state index is 12.6. The number of amides is 2. The first-order valence-corrected chi connectivity index (χ1v) is 9.61. The third-order valence-corrected chi connectivity index (χ3v) is 4.80. The van der Waals surface area contributed by atoms with E-state index in [1.54, 1.807) is 52.3 Å². The van der Waals surface area contributed by atoms with Gasteiger partial charge in [-0.2, -0.15) is 14.8 Å². The number of rotatable bonds is 6. The number of nitrogens with one attached hydrogen (secondary N) is 1. The zero-order chi connectivity index (χ0) is 21.8. The molecule has 9 heteroatoms. The first-order valence-electron chi connectivity index (χ1n) is 9.61. The fraction of sp³-hybridized carbons (Fsp3) is 0.381. The summed E-state index contributed by atoms with van der Waals surface area (Å²) in [6.07, 6.45) is 0.758. The summed E-state index contributed by atoms with van der Waals surface area (Å²) in [5.41, 5.74) is 2.11. The molecule has 0 fully saturated rings. The monoisotopic (exact) mass is 411 g/mol. The largest absolute Gasteiger partial charge is 0.493 e. The molecule has 2 heterocycles. The Kier molecular flexibility index (Phi) is 6.29. The van der Waals surface area contributed by atoms with Crippen molar-refractivity contribution in [1.29, 1.82) is 0 Å². The second kappa shape index (κ2) is 8.89. The Morgan fingerprint density at radius 2 is 1.87 bits per heavy atom. The summed E-state index contributed by atoms with van der Waals surface area (Å²) >= 11 is 0. The molecular weight excluding hydrogens is 386 g/mol. The number of aromatic nitrogens is 2. The first kappa shape index (κ1) is 21.2. The molecule has 1 aliphatic rings. The van der Waals surface area contributed by atoms with E-state index in [1.165, 1.54) is 4.68 Å². The van der Waals surface area contributed by atoms with Gasteiger partial charge in [-0.3, -0.25) is 9.59 Å². The highest BCUT2D eigenvalue weighted by Gasteiger charge is 2.26. The van der Waals surface area contributed by atoms with Crippen LogP contribution in [0, 0.1) is 12.8 Å². The number of ether oxygens (including phenoxy) is 2. The number of carbonyl (C=O) groups is 2. The van der Waals surface area contributed by atoms with E-state index < -0.39 is 0 Å². The molecule has 1 unspecified atom stereocenters. The van der Waals surface area contributed by atoms with E-state index in [0.29, 0.717) is 35.1 Å². The molecule has 3 rings (SSSR count). The average Bonchev–Trinajstić information content (AvgIpc) is 3.07. The molecule has 1 aromatic heterocycles. The predicted molar refractivity (Wildman–Crippen MR) is 114 cm³/mol. The molecule has 9 nitrogen and oxygen atoms in total. The van der Waals surface area contributed by atoms with Crippen molar-refractivity contribution < 1.29 is 19.1 Å². The van der Waals surface area contributed by atoms with E-state index in [-0.39, 0.29) is 30.1 Å². The quantitative estimate of drug-likeness (QED) is 0.786. The molecule has 158 valence electrons. The Balaban J connectivity index is 1.80. The van der Waals surface area contributed by atoms with Crippen LogP contribution in [0.5, 0.6) is 11.5 Å². The van der Waals surface area contributed by atoms with Gasteiger partial charge < -0.3 is 14.8 Å². The highest BCUT2D eigenvalue weighted by molar-refractivity contribution is 6.15. The highest BCUT2D eigenvalue weighted by atomic mass is 16.5. The number of carbonyl (C=O) groups excluding carboxylic acids is 2. The number of anilines is 1. The van der Waals surface area contributed by atoms with E-state index in [2.05, 4.69) is 20.4 Å². The molecule has 2 amide bonds. The Morgan fingerprint density at radius 3 is 2.50 bits per heavy atom. The molecule has 0 radical (unpaired) electrons. The van der Waals surface area contributed by atoms with E-state index in [9.17, 15) is 9.59 Å². The third kappa shape index (κ3) is 4.40. The van der Waals surface area contributed by atoms with Crippen LogP contribution in [0.4, 0.5) is 5.82 Å². The van der Waals surface area contributed by atoms with E-state index in [0.717, 1.165) is 5.56 Å². The van der Waals surface area contributed by atoms with Crippen LogP contribution in [0.25, 0.3) is 0 Å². The SMILES string of the molecule is CCC1C(=O)N=C(n2nc(C)cc2NC(=O)Cc2ccc(OC)c(OC)c2)N=C1C. The Hall–Kier alpha value is -3.49. The lowest BCUT2D eigenvalue weighted by molar-refractivity contribution is -0.120. The summed E-state index contributed by atoms with van der Waals surface area (Å²) in [6.45, 7) is 5.50. The number of methoxy groups -OCH3 is 2. The molecule has 0 saturated carbocycles. The fourth-order valence-corrected chi connectivity index (χ4v) is 3.28. The normalized spacial score (nSPS) is 16.0. The second-order valence-corrected chi connectivity index (χ2v) is 6.96. The van der Waals surface area contributed by atoms with Gasteiger partial charge in [0.25, 0.3) is 11.9 Å². The van der Waals surface area contributed by atoms with Crippen molar-refractivity contribution in [3.05, 3.63) is 35.5 Å². The van der Waals surface area contributed by atoms with Crippen LogP contribution in [0.2, 0.25) is 0 Å². The van der Waals surface area contributed by atoms with Crippen molar-refractivity contribution in [2.45, 2.75) is 33.6 Å². The summed E-state index contributed by atoms with van der Waals surface area (Å²) in [6, 6.07) is 7.01. The van der Waals surface area contributed by atoms with E-state index in [1.807, 2.05) is 6.92 Å². The standard InChI is InChI=1S/C21H25N5O4/c1-6-15-13(3)22-21(24-20(15)28)26-18(9-12(2)25-26)23-19(27)11-14-7-8-16(29-4)17(10-14)30-5/h7-10,15H,6,11H2,1-5H3,(H,23,27). The van der Waals surface area contributed by atoms with Gasteiger partial charge in [-0.05, 0) is 38.0 Å². The van der Waals surface area contributed by atoms with Crippen LogP contribution >= 0.6 is 0 Å². The van der Waals surface area contributed by atoms with Gasteiger partial charge in [0.15, 0.2) is 11.5 Å². The van der Waals surface area contributed by atoms with E-state index in [4.69, 9.17) is 9.47 Å². The zero-order valence-electron chi connectivity index (χ0n) is 17.7. The minimum absolute atomic E-state index is 0.121. The van der Waals surface area contributed by atoms with Crippen LogP contribution < -0.4 is 14.8 Å². The maximum Gasteiger partial charge on any atom is 0.257 e. The van der Waals surface area contributed by atoms with Gasteiger partial charge in [-0.25, -0.2) is 4.99 Å². The van der Waals surface area contributed by atoms with Crippen LogP contribution in [-0.2, 0) is 16.0 Å². The van der Waals surface area contributed by atoms with Crippen molar-refractivity contribution in [2.75, 3.05) is 19.5 Å². The lowest BCUT2D eigenvalue weighted by Crippen LogP contribution is -2.30. The van der Waals surface area contributed by atoms with Crippen molar-refractivity contribution >= 4 is 29.3 Å². The van der Waals surface area contributed by atoms with Crippen LogP contribution in [0.3, 0.4) is 0 Å². The van der Waals surface area contributed by atoms with Gasteiger partial charge in [0, 0.05) is 11.8 Å². The van der Waals surface area contributed by atoms with Gasteiger partial charge in [0.2, 0.25) is 5.91 Å². The smallest absolute Gasteiger partial charge is 0.257 e. The van der Waals surface area contributed by atoms with Crippen molar-refractivity contribution in [3.8, 4) is 11.5 Å². The van der Waals surface area contributed by atoms with Crippen molar-refractivity contribution in [2.24, 2.45) is 15.9 Å². The number of benzene rings is 1. The molecule has 1 N–H and O–H groups in total. The number of hydrogen-bond acceptors (Lipinski definition) is 6. The zero-order valence-corrected chi connectivity index (χ0v) is 17.7. The van der Waals surface area contributed by atoms with Gasteiger partial charge in [-0.15, -0.1) is 0 Å². The average molecular weight is 411 g/mol. The van der Waals surface area contributed by atoms with Gasteiger partial charge in [0.05, 0.1) is 32.3 Å². The second-order valence-electron chi connectivity index (χ2n) is 6.96. The number of aliphatic imine (C=N–C) groups is 2. The number of aryl methyl sites for hydroxylation is 1. The molecule has 1 aromatic carbocycles. The molecule has 1 aliphatic heterocycles. The Morgan fingerprint density at radius 1 is 1.13 bits per heavy atom. The summed E-state index contributed by atoms with van der Waals surface area (Å²) in [5.74, 6) is 0.873. The van der Waals surface area contributed by atoms with Gasteiger partial charge in [0.1, 0.15) is 5.82 Å². The molecule has 0 saturated heterocycles. The Bertz CT molecular complexity index is 1040. The van der Waals surface area contributed by atoms with Crippen LogP contribution in [-0.4, -0.2) is 47.5 Å². The molecule has 30 heavy (non-hydrogen) atoms. The fourth-order valence-electron chi connectivity index (χ4n) is 3.28. The maximum absolute atomic E-state index is 12.6. The lowest BCUT2D eigenvalue weighted by atomic mass is 10.00.